The molecule has 5 aromatic rings. The van der Waals surface area contributed by atoms with Crippen molar-refractivity contribution in [2.45, 2.75) is 6.92 Å². The number of hydrogen-bond acceptors (Lipinski definition) is 4. The Morgan fingerprint density at radius 1 is 0.868 bits per heavy atom. The van der Waals surface area contributed by atoms with Crippen LogP contribution in [0.15, 0.2) is 113 Å². The summed E-state index contributed by atoms with van der Waals surface area (Å²) >= 11 is 0. The average Bonchev–Trinajstić information content (AvgIpc) is 2.90. The second kappa shape index (κ2) is 11.6. The van der Waals surface area contributed by atoms with Crippen molar-refractivity contribution in [1.82, 2.24) is 0 Å². The van der Waals surface area contributed by atoms with Gasteiger partial charge in [-0.15, -0.1) is 0 Å². The number of aromatic amines is 1. The number of rotatable bonds is 4. The number of hydrogen-bond donors (Lipinski definition) is 0. The molecule has 0 atom stereocenters. The van der Waals surface area contributed by atoms with Gasteiger partial charge in [0.2, 0.25) is 0 Å². The van der Waals surface area contributed by atoms with Crippen LogP contribution in [0, 0.1) is 6.92 Å². The maximum atomic E-state index is 12.3. The number of aryl methyl sites for hydroxylation is 1. The third-order valence-corrected chi connectivity index (χ3v) is 5.21. The number of carbonyl (C=O) groups excluding carboxylic acids is 1. The normalized spacial score (nSPS) is 11.6. The van der Waals surface area contributed by atoms with Crippen molar-refractivity contribution in [3.63, 3.8) is 0 Å². The van der Waals surface area contributed by atoms with Crippen LogP contribution in [0.3, 0.4) is 0 Å². The molecule has 5 nitrogen and oxygen atoms in total. The van der Waals surface area contributed by atoms with Crippen molar-refractivity contribution < 1.29 is 36.2 Å². The maximum Gasteiger partial charge on any atom is 0.673 e. The smallest absolute Gasteiger partial charge is 0.456 e. The summed E-state index contributed by atoms with van der Waals surface area (Å²) in [5.41, 5.74) is 4.11. The zero-order chi connectivity index (χ0) is 27.1. The molecular formula is C28H21BF4N2O3. The number of aromatic nitrogens is 1. The molecule has 0 saturated carbocycles. The first-order chi connectivity index (χ1) is 18.2. The van der Waals surface area contributed by atoms with E-state index >= 15 is 0 Å². The van der Waals surface area contributed by atoms with Gasteiger partial charge >= 0.3 is 13.2 Å². The number of benzene rings is 3. The third kappa shape index (κ3) is 7.39. The Morgan fingerprint density at radius 3 is 2.18 bits per heavy atom. The highest BCUT2D eigenvalue weighted by molar-refractivity contribution is 6.50. The summed E-state index contributed by atoms with van der Waals surface area (Å²) in [7, 11) is -6.00. The van der Waals surface area contributed by atoms with Gasteiger partial charge in [0.25, 0.3) is 0 Å². The van der Waals surface area contributed by atoms with E-state index in [1.165, 1.54) is 0 Å². The summed E-state index contributed by atoms with van der Waals surface area (Å²) in [5, 5.41) is 1.75. The summed E-state index contributed by atoms with van der Waals surface area (Å²) in [6, 6.07) is 28.5. The Morgan fingerprint density at radius 2 is 1.53 bits per heavy atom. The Kier molecular flexibility index (Phi) is 8.01. The summed E-state index contributed by atoms with van der Waals surface area (Å²) in [6.45, 7) is 2.04. The number of nitrogens with zero attached hydrogens (tertiary/aromatic N) is 1. The second-order valence-corrected chi connectivity index (χ2v) is 8.14. The van der Waals surface area contributed by atoms with Gasteiger partial charge in [-0.2, -0.15) is 0 Å². The van der Waals surface area contributed by atoms with Crippen LogP contribution in [0.4, 0.5) is 23.0 Å². The molecule has 0 radical (unpaired) electrons. The van der Waals surface area contributed by atoms with E-state index < -0.39 is 13.2 Å². The van der Waals surface area contributed by atoms with Gasteiger partial charge in [-0.1, -0.05) is 42.0 Å². The number of fused-ring (bicyclic) bond motifs is 1. The zero-order valence-corrected chi connectivity index (χ0v) is 20.1. The largest absolute Gasteiger partial charge is 0.673 e. The van der Waals surface area contributed by atoms with Crippen molar-refractivity contribution in [3.8, 4) is 17.1 Å². The van der Waals surface area contributed by atoms with Crippen LogP contribution in [0.25, 0.3) is 22.3 Å². The predicted octanol–water partition coefficient (Wildman–Crippen LogP) is 6.97. The van der Waals surface area contributed by atoms with Gasteiger partial charge in [-0.25, -0.2) is 14.8 Å². The molecule has 0 fully saturated rings. The van der Waals surface area contributed by atoms with E-state index in [2.05, 4.69) is 11.1 Å². The molecule has 38 heavy (non-hydrogen) atoms. The van der Waals surface area contributed by atoms with Crippen molar-refractivity contribution in [2.24, 2.45) is 4.99 Å². The number of pyridine rings is 1. The zero-order valence-electron chi connectivity index (χ0n) is 20.1. The Bertz CT molecular complexity index is 1600. The van der Waals surface area contributed by atoms with Crippen molar-refractivity contribution in [1.29, 1.82) is 0 Å². The van der Waals surface area contributed by atoms with Gasteiger partial charge in [-0.05, 0) is 43.3 Å². The molecule has 0 amide bonds. The number of ether oxygens (including phenoxy) is 1. The molecular weight excluding hydrogens is 499 g/mol. The lowest BCUT2D eigenvalue weighted by atomic mass is 10.1. The fourth-order valence-electron chi connectivity index (χ4n) is 3.54. The maximum absolute atomic E-state index is 12.3. The van der Waals surface area contributed by atoms with Crippen LogP contribution in [-0.4, -0.2) is 13.2 Å². The lowest BCUT2D eigenvalue weighted by Crippen LogP contribution is -2.10. The number of esters is 1. The molecule has 0 aliphatic rings. The third-order valence-electron chi connectivity index (χ3n) is 5.21. The van der Waals surface area contributed by atoms with E-state index in [-0.39, 0.29) is 0 Å². The summed E-state index contributed by atoms with van der Waals surface area (Å²) in [6.07, 6.45) is 3.36. The molecule has 2 aromatic heterocycles. The van der Waals surface area contributed by atoms with Crippen LogP contribution in [0.2, 0.25) is 0 Å². The van der Waals surface area contributed by atoms with Crippen LogP contribution >= 0.6 is 0 Å². The molecule has 0 unspecified atom stereocenters. The van der Waals surface area contributed by atoms with E-state index in [0.717, 1.165) is 38.9 Å². The number of halogens is 4. The molecule has 1 N–H and O–H groups in total. The van der Waals surface area contributed by atoms with E-state index in [1.807, 2.05) is 67.6 Å². The lowest BCUT2D eigenvalue weighted by molar-refractivity contribution is -0.378. The first-order valence-corrected chi connectivity index (χ1v) is 11.5. The summed E-state index contributed by atoms with van der Waals surface area (Å²) in [5.74, 6) is 0.796. The predicted molar refractivity (Wildman–Crippen MR) is 136 cm³/mol. The van der Waals surface area contributed by atoms with Gasteiger partial charge in [0.15, 0.2) is 12.4 Å². The van der Waals surface area contributed by atoms with Crippen LogP contribution in [-0.2, 0) is 0 Å². The topological polar surface area (TPSA) is 65.9 Å². The highest BCUT2D eigenvalue weighted by Crippen LogP contribution is 2.24. The fourth-order valence-corrected chi connectivity index (χ4v) is 3.54. The highest BCUT2D eigenvalue weighted by atomic mass is 19.5. The lowest BCUT2D eigenvalue weighted by Gasteiger charge is -2.06. The van der Waals surface area contributed by atoms with Crippen molar-refractivity contribution in [2.75, 3.05) is 0 Å². The van der Waals surface area contributed by atoms with Gasteiger partial charge in [0.05, 0.1) is 16.6 Å². The van der Waals surface area contributed by atoms with Gasteiger partial charge < -0.3 is 26.4 Å². The van der Waals surface area contributed by atoms with Gasteiger partial charge in [0, 0.05) is 29.1 Å². The summed E-state index contributed by atoms with van der Waals surface area (Å²) in [4.78, 5) is 20.0. The molecule has 0 aliphatic carbocycles. The minimum atomic E-state index is -6.00. The fraction of sp³-hybridized carbons (Fsp3) is 0.0357. The molecule has 0 bridgehead atoms. The Labute approximate surface area is 215 Å². The standard InChI is InChI=1S/C28H20N2O3.BF4/c1-19-7-12-26-24(17-19)25(18-27(33-26)20-5-3-2-4-6-20)30-22-8-10-23(11-9-22)32-28(31)21-13-15-29-16-14-21;2-1(3,4)5/h2-18H,1H3;/q;-1/p+1. The first-order valence-electron chi connectivity index (χ1n) is 11.5. The molecule has 3 aromatic carbocycles. The van der Waals surface area contributed by atoms with E-state index in [1.54, 1.807) is 36.7 Å². The molecule has 10 heteroatoms. The molecule has 192 valence electrons. The first kappa shape index (κ1) is 26.3. The number of carbonyl (C=O) groups is 1. The van der Waals surface area contributed by atoms with Crippen LogP contribution < -0.4 is 15.1 Å². The van der Waals surface area contributed by atoms with Gasteiger partial charge in [0.1, 0.15) is 17.1 Å². The minimum absolute atomic E-state index is 0.410. The molecule has 2 heterocycles. The molecule has 0 aliphatic heterocycles. The molecule has 0 saturated heterocycles. The van der Waals surface area contributed by atoms with E-state index in [9.17, 15) is 22.1 Å². The molecule has 5 rings (SSSR count). The molecule has 0 spiro atoms. The summed E-state index contributed by atoms with van der Waals surface area (Å²) < 4.78 is 50.6. The highest BCUT2D eigenvalue weighted by Gasteiger charge is 2.20. The van der Waals surface area contributed by atoms with E-state index in [4.69, 9.17) is 14.1 Å². The Balaban J connectivity index is 0.000000617. The minimum Gasteiger partial charge on any atom is -0.456 e. The number of H-pyrrole nitrogens is 1. The SMILES string of the molecule is Cc1ccc2oc(-c3ccccc3)cc(=Nc3ccc(OC(=O)c4cc[nH+]cc4)cc3)c2c1.F[B-](F)(F)F. The van der Waals surface area contributed by atoms with Crippen LogP contribution in [0.1, 0.15) is 15.9 Å². The van der Waals surface area contributed by atoms with Crippen molar-refractivity contribution in [3.05, 3.63) is 120 Å². The Hall–Kier alpha value is -4.73. The van der Waals surface area contributed by atoms with Crippen LogP contribution in [0.5, 0.6) is 5.75 Å². The second-order valence-electron chi connectivity index (χ2n) is 8.14. The van der Waals surface area contributed by atoms with E-state index in [0.29, 0.717) is 11.3 Å². The quantitative estimate of drug-likeness (QED) is 0.111. The van der Waals surface area contributed by atoms with Gasteiger partial charge in [-0.3, -0.25) is 0 Å². The monoisotopic (exact) mass is 520 g/mol. The number of nitrogens with one attached hydrogen (secondary N) is 1. The van der Waals surface area contributed by atoms with Crippen molar-refractivity contribution >= 4 is 29.9 Å². The average molecular weight is 520 g/mol.